The van der Waals surface area contributed by atoms with Gasteiger partial charge in [-0.25, -0.2) is 4.68 Å². The summed E-state index contributed by atoms with van der Waals surface area (Å²) in [6.45, 7) is 10.3. The third-order valence-electron chi connectivity index (χ3n) is 3.76. The standard InChI is InChI=1S/C18H25N3O/c1-5-9-19-12-15-11-17(20-21(6-2)18(15)22)16-10-13(3)7-8-14(16)4/h7-8,10-11,19H,5-6,9,12H2,1-4H3. The zero-order chi connectivity index (χ0) is 16.1. The first-order valence-corrected chi connectivity index (χ1v) is 7.96. The number of nitrogens with zero attached hydrogens (tertiary/aromatic N) is 2. The smallest absolute Gasteiger partial charge is 0.271 e. The van der Waals surface area contributed by atoms with Crippen LogP contribution in [-0.4, -0.2) is 16.3 Å². The molecule has 0 fully saturated rings. The van der Waals surface area contributed by atoms with Gasteiger partial charge in [-0.2, -0.15) is 5.10 Å². The molecule has 118 valence electrons. The summed E-state index contributed by atoms with van der Waals surface area (Å²) in [6.07, 6.45) is 1.05. The van der Waals surface area contributed by atoms with E-state index in [1.165, 1.54) is 11.1 Å². The first kappa shape index (κ1) is 16.4. The highest BCUT2D eigenvalue weighted by Crippen LogP contribution is 2.22. The van der Waals surface area contributed by atoms with E-state index < -0.39 is 0 Å². The zero-order valence-electron chi connectivity index (χ0n) is 13.9. The fourth-order valence-electron chi connectivity index (χ4n) is 2.48. The van der Waals surface area contributed by atoms with Crippen LogP contribution >= 0.6 is 0 Å². The third kappa shape index (κ3) is 3.63. The van der Waals surface area contributed by atoms with Crippen molar-refractivity contribution in [3.05, 3.63) is 51.3 Å². The van der Waals surface area contributed by atoms with E-state index in [2.05, 4.69) is 49.4 Å². The maximum absolute atomic E-state index is 12.4. The maximum atomic E-state index is 12.4. The van der Waals surface area contributed by atoms with Crippen LogP contribution in [0.25, 0.3) is 11.3 Å². The molecular weight excluding hydrogens is 274 g/mol. The van der Waals surface area contributed by atoms with Crippen molar-refractivity contribution in [1.82, 2.24) is 15.1 Å². The third-order valence-corrected chi connectivity index (χ3v) is 3.76. The summed E-state index contributed by atoms with van der Waals surface area (Å²) in [5.74, 6) is 0. The molecule has 2 rings (SSSR count). The minimum absolute atomic E-state index is 0.000147. The Bertz CT molecular complexity index is 704. The van der Waals surface area contributed by atoms with Crippen molar-refractivity contribution in [2.24, 2.45) is 0 Å². The second kappa shape index (κ2) is 7.36. The molecule has 0 bridgehead atoms. The van der Waals surface area contributed by atoms with Gasteiger partial charge in [-0.1, -0.05) is 24.6 Å². The lowest BCUT2D eigenvalue weighted by atomic mass is 10.0. The van der Waals surface area contributed by atoms with E-state index in [0.29, 0.717) is 13.1 Å². The van der Waals surface area contributed by atoms with Crippen LogP contribution in [0.5, 0.6) is 0 Å². The number of benzene rings is 1. The summed E-state index contributed by atoms with van der Waals surface area (Å²) in [6, 6.07) is 8.26. The van der Waals surface area contributed by atoms with Crippen LogP contribution in [0.2, 0.25) is 0 Å². The van der Waals surface area contributed by atoms with Gasteiger partial charge in [0.1, 0.15) is 0 Å². The molecule has 0 saturated carbocycles. The molecule has 1 heterocycles. The Labute approximate surface area is 132 Å². The van der Waals surface area contributed by atoms with Gasteiger partial charge in [-0.15, -0.1) is 0 Å². The van der Waals surface area contributed by atoms with Crippen molar-refractivity contribution in [2.45, 2.75) is 47.2 Å². The van der Waals surface area contributed by atoms with E-state index in [4.69, 9.17) is 0 Å². The van der Waals surface area contributed by atoms with Crippen LogP contribution in [0.3, 0.4) is 0 Å². The van der Waals surface area contributed by atoms with Gasteiger partial charge in [0.05, 0.1) is 5.69 Å². The molecule has 0 atom stereocenters. The SMILES string of the molecule is CCCNCc1cc(-c2cc(C)ccc2C)nn(CC)c1=O. The number of rotatable bonds is 6. The van der Waals surface area contributed by atoms with Gasteiger partial charge in [-0.3, -0.25) is 4.79 Å². The van der Waals surface area contributed by atoms with Crippen LogP contribution in [0.4, 0.5) is 0 Å². The van der Waals surface area contributed by atoms with Crippen molar-refractivity contribution in [3.8, 4) is 11.3 Å². The molecule has 2 aromatic rings. The summed E-state index contributed by atoms with van der Waals surface area (Å²) in [5, 5.41) is 7.84. The minimum atomic E-state index is 0.000147. The molecule has 0 aliphatic rings. The summed E-state index contributed by atoms with van der Waals surface area (Å²) in [4.78, 5) is 12.4. The Hall–Kier alpha value is -1.94. The zero-order valence-corrected chi connectivity index (χ0v) is 13.9. The van der Waals surface area contributed by atoms with Gasteiger partial charge in [0.15, 0.2) is 0 Å². The average Bonchev–Trinajstić information content (AvgIpc) is 2.51. The Balaban J connectivity index is 2.49. The molecule has 0 aliphatic heterocycles. The average molecular weight is 299 g/mol. The van der Waals surface area contributed by atoms with Crippen molar-refractivity contribution in [2.75, 3.05) is 6.54 Å². The summed E-state index contributed by atoms with van der Waals surface area (Å²) in [5.41, 5.74) is 5.12. The molecule has 22 heavy (non-hydrogen) atoms. The highest BCUT2D eigenvalue weighted by Gasteiger charge is 2.11. The second-order valence-corrected chi connectivity index (χ2v) is 5.67. The Morgan fingerprint density at radius 3 is 2.64 bits per heavy atom. The number of hydrogen-bond donors (Lipinski definition) is 1. The Kier molecular flexibility index (Phi) is 5.50. The monoisotopic (exact) mass is 299 g/mol. The van der Waals surface area contributed by atoms with E-state index >= 15 is 0 Å². The molecule has 0 aliphatic carbocycles. The normalized spacial score (nSPS) is 10.9. The Morgan fingerprint density at radius 2 is 1.95 bits per heavy atom. The van der Waals surface area contributed by atoms with Gasteiger partial charge < -0.3 is 5.32 Å². The van der Waals surface area contributed by atoms with Crippen molar-refractivity contribution in [3.63, 3.8) is 0 Å². The number of aromatic nitrogens is 2. The minimum Gasteiger partial charge on any atom is -0.312 e. The van der Waals surface area contributed by atoms with E-state index in [0.717, 1.165) is 29.8 Å². The van der Waals surface area contributed by atoms with E-state index in [-0.39, 0.29) is 5.56 Å². The lowest BCUT2D eigenvalue weighted by molar-refractivity contribution is 0.595. The summed E-state index contributed by atoms with van der Waals surface area (Å²) in [7, 11) is 0. The molecule has 0 radical (unpaired) electrons. The van der Waals surface area contributed by atoms with Crippen molar-refractivity contribution in [1.29, 1.82) is 0 Å². The van der Waals surface area contributed by atoms with Crippen molar-refractivity contribution >= 4 is 0 Å². The topological polar surface area (TPSA) is 46.9 Å². The van der Waals surface area contributed by atoms with E-state index in [9.17, 15) is 4.79 Å². The molecule has 1 N–H and O–H groups in total. The van der Waals surface area contributed by atoms with Crippen LogP contribution in [0, 0.1) is 13.8 Å². The largest absolute Gasteiger partial charge is 0.312 e. The maximum Gasteiger partial charge on any atom is 0.271 e. The molecule has 0 spiro atoms. The molecule has 1 aromatic heterocycles. The van der Waals surface area contributed by atoms with Crippen LogP contribution in [-0.2, 0) is 13.1 Å². The van der Waals surface area contributed by atoms with Gasteiger partial charge in [-0.05, 0) is 51.4 Å². The second-order valence-electron chi connectivity index (χ2n) is 5.67. The van der Waals surface area contributed by atoms with E-state index in [1.54, 1.807) is 4.68 Å². The number of hydrogen-bond acceptors (Lipinski definition) is 3. The Morgan fingerprint density at radius 1 is 1.18 bits per heavy atom. The lowest BCUT2D eigenvalue weighted by Crippen LogP contribution is -2.29. The molecule has 1 aromatic carbocycles. The summed E-state index contributed by atoms with van der Waals surface area (Å²) >= 11 is 0. The van der Waals surface area contributed by atoms with Crippen LogP contribution in [0.1, 0.15) is 37.0 Å². The highest BCUT2D eigenvalue weighted by molar-refractivity contribution is 5.64. The predicted octanol–water partition coefficient (Wildman–Crippen LogP) is 3.05. The van der Waals surface area contributed by atoms with Gasteiger partial charge in [0, 0.05) is 24.2 Å². The van der Waals surface area contributed by atoms with Crippen molar-refractivity contribution < 1.29 is 0 Å². The van der Waals surface area contributed by atoms with E-state index in [1.807, 2.05) is 13.0 Å². The first-order chi connectivity index (χ1) is 10.6. The fraction of sp³-hybridized carbons (Fsp3) is 0.444. The van der Waals surface area contributed by atoms with Gasteiger partial charge in [0.25, 0.3) is 5.56 Å². The van der Waals surface area contributed by atoms with Crippen LogP contribution < -0.4 is 10.9 Å². The molecule has 0 amide bonds. The first-order valence-electron chi connectivity index (χ1n) is 7.96. The predicted molar refractivity (Wildman–Crippen MR) is 91.1 cm³/mol. The number of aryl methyl sites for hydroxylation is 3. The molecule has 4 nitrogen and oxygen atoms in total. The van der Waals surface area contributed by atoms with Gasteiger partial charge >= 0.3 is 0 Å². The quantitative estimate of drug-likeness (QED) is 0.834. The molecule has 0 unspecified atom stereocenters. The lowest BCUT2D eigenvalue weighted by Gasteiger charge is -2.12. The number of nitrogens with one attached hydrogen (secondary N) is 1. The molecule has 4 heteroatoms. The van der Waals surface area contributed by atoms with Crippen LogP contribution in [0.15, 0.2) is 29.1 Å². The summed E-state index contributed by atoms with van der Waals surface area (Å²) < 4.78 is 1.56. The fourth-order valence-corrected chi connectivity index (χ4v) is 2.48. The van der Waals surface area contributed by atoms with Gasteiger partial charge in [0.2, 0.25) is 0 Å². The molecular formula is C18H25N3O. The molecule has 0 saturated heterocycles. The highest BCUT2D eigenvalue weighted by atomic mass is 16.1.